The van der Waals surface area contributed by atoms with E-state index < -0.39 is 19.2 Å². The fourth-order valence-corrected chi connectivity index (χ4v) is 3.60. The van der Waals surface area contributed by atoms with Gasteiger partial charge in [-0.1, -0.05) is 54.6 Å². The molecule has 2 aromatic rings. The number of hydrogen-bond donors (Lipinski definition) is 3. The van der Waals surface area contributed by atoms with E-state index in [9.17, 15) is 24.9 Å². The molecule has 9 heteroatoms. The number of nitrogens with zero attached hydrogens (tertiary/aromatic N) is 2. The Balaban J connectivity index is 1.95. The van der Waals surface area contributed by atoms with Gasteiger partial charge in [0.1, 0.15) is 11.6 Å². The molecule has 0 aliphatic rings. The summed E-state index contributed by atoms with van der Waals surface area (Å²) in [7, 11) is -1.73. The largest absolute Gasteiger partial charge is 0.475 e. The molecule has 0 fully saturated rings. The molecular weight excluding hydrogens is 445 g/mol. The van der Waals surface area contributed by atoms with Gasteiger partial charge in [0.2, 0.25) is 0 Å². The predicted octanol–water partition coefficient (Wildman–Crippen LogP) is 2.74. The van der Waals surface area contributed by atoms with Gasteiger partial charge < -0.3 is 25.0 Å². The zero-order valence-corrected chi connectivity index (χ0v) is 20.3. The maximum absolute atomic E-state index is 12.7. The van der Waals surface area contributed by atoms with E-state index >= 15 is 0 Å². The summed E-state index contributed by atoms with van der Waals surface area (Å²) in [5.74, 6) is -1.22. The highest BCUT2D eigenvalue weighted by Crippen LogP contribution is 2.14. The van der Waals surface area contributed by atoms with Gasteiger partial charge in [-0.3, -0.25) is 4.79 Å². The molecule has 8 nitrogen and oxygen atoms in total. The molecule has 2 rings (SSSR count). The second-order valence-corrected chi connectivity index (χ2v) is 8.34. The molecule has 0 radical (unpaired) electrons. The third kappa shape index (κ3) is 8.93. The molecule has 184 valence electrons. The van der Waals surface area contributed by atoms with Crippen molar-refractivity contribution in [1.29, 1.82) is 5.26 Å². The molecule has 0 unspecified atom stereocenters. The lowest BCUT2D eigenvalue weighted by molar-refractivity contribution is -0.128. The minimum absolute atomic E-state index is 0.0156. The summed E-state index contributed by atoms with van der Waals surface area (Å²) in [6, 6.07) is 18.4. The Morgan fingerprint density at radius 1 is 1.14 bits per heavy atom. The summed E-state index contributed by atoms with van der Waals surface area (Å²) < 4.78 is 5.22. The third-order valence-electron chi connectivity index (χ3n) is 5.42. The van der Waals surface area contributed by atoms with Crippen molar-refractivity contribution in [2.45, 2.75) is 45.6 Å². The molecule has 2 aromatic carbocycles. The Hall–Kier alpha value is -3.61. The first-order chi connectivity index (χ1) is 16.7. The number of ether oxygens (including phenoxy) is 1. The van der Waals surface area contributed by atoms with Gasteiger partial charge in [-0.15, -0.1) is 0 Å². The topological polar surface area (TPSA) is 123 Å². The van der Waals surface area contributed by atoms with Gasteiger partial charge in [0.05, 0.1) is 12.5 Å². The highest BCUT2D eigenvalue weighted by molar-refractivity contribution is 6.43. The molecule has 0 saturated heterocycles. The minimum atomic E-state index is -1.73. The van der Waals surface area contributed by atoms with Crippen LogP contribution in [-0.2, 0) is 22.4 Å². The molecule has 0 aliphatic heterocycles. The lowest BCUT2D eigenvalue weighted by atomic mass is 9.76. The van der Waals surface area contributed by atoms with Crippen molar-refractivity contribution < 1.29 is 24.4 Å². The van der Waals surface area contributed by atoms with Crippen molar-refractivity contribution in [2.75, 3.05) is 13.2 Å². The summed E-state index contributed by atoms with van der Waals surface area (Å²) in [5, 5.41) is 31.2. The van der Waals surface area contributed by atoms with Crippen LogP contribution in [0.15, 0.2) is 60.2 Å². The van der Waals surface area contributed by atoms with Gasteiger partial charge in [0.25, 0.3) is 5.91 Å². The molecule has 2 amide bonds. The zero-order chi connectivity index (χ0) is 25.8. The van der Waals surface area contributed by atoms with Crippen LogP contribution < -0.4 is 5.32 Å². The van der Waals surface area contributed by atoms with Gasteiger partial charge in [-0.25, -0.2) is 4.79 Å². The SMILES string of the molecule is CCN(C(=O)C(C#N)=Cc1cccc(CCOC(=O)N[C@@H](Cc2ccccc2)B(O)O)c1)C(C)C. The second-order valence-electron chi connectivity index (χ2n) is 8.34. The number of nitrogens with one attached hydrogen (secondary N) is 1. The van der Waals surface area contributed by atoms with E-state index in [2.05, 4.69) is 5.32 Å². The normalized spacial score (nSPS) is 12.0. The van der Waals surface area contributed by atoms with Crippen molar-refractivity contribution in [2.24, 2.45) is 0 Å². The molecule has 0 bridgehead atoms. The van der Waals surface area contributed by atoms with E-state index in [0.717, 1.165) is 11.1 Å². The Morgan fingerprint density at radius 2 is 1.83 bits per heavy atom. The number of benzene rings is 2. The Kier molecular flexibility index (Phi) is 11.0. The summed E-state index contributed by atoms with van der Waals surface area (Å²) in [6.07, 6.45) is 1.46. The fourth-order valence-electron chi connectivity index (χ4n) is 3.60. The van der Waals surface area contributed by atoms with Crippen LogP contribution in [0, 0.1) is 11.3 Å². The smallest absolute Gasteiger partial charge is 0.449 e. The van der Waals surface area contributed by atoms with E-state index in [-0.39, 0.29) is 30.5 Å². The van der Waals surface area contributed by atoms with Crippen molar-refractivity contribution in [3.63, 3.8) is 0 Å². The van der Waals surface area contributed by atoms with E-state index in [1.807, 2.05) is 69.3 Å². The average molecular weight is 477 g/mol. The van der Waals surface area contributed by atoms with Crippen LogP contribution in [0.5, 0.6) is 0 Å². The minimum Gasteiger partial charge on any atom is -0.449 e. The van der Waals surface area contributed by atoms with Gasteiger partial charge in [0.15, 0.2) is 0 Å². The molecule has 35 heavy (non-hydrogen) atoms. The lowest BCUT2D eigenvalue weighted by Crippen LogP contribution is -2.48. The van der Waals surface area contributed by atoms with Crippen LogP contribution in [0.4, 0.5) is 4.79 Å². The molecule has 1 atom stereocenters. The lowest BCUT2D eigenvalue weighted by Gasteiger charge is -2.24. The number of alkyl carbamates (subject to hydrolysis) is 1. The van der Waals surface area contributed by atoms with Crippen molar-refractivity contribution in [3.8, 4) is 6.07 Å². The number of nitriles is 1. The number of rotatable bonds is 11. The predicted molar refractivity (Wildman–Crippen MR) is 135 cm³/mol. The number of hydrogen-bond acceptors (Lipinski definition) is 6. The molecule has 0 aliphatic carbocycles. The first-order valence-corrected chi connectivity index (χ1v) is 11.6. The summed E-state index contributed by atoms with van der Waals surface area (Å²) in [5.41, 5.74) is 2.46. The molecule has 3 N–H and O–H groups in total. The summed E-state index contributed by atoms with van der Waals surface area (Å²) in [6.45, 7) is 6.25. The van der Waals surface area contributed by atoms with E-state index in [1.54, 1.807) is 23.1 Å². The average Bonchev–Trinajstić information content (AvgIpc) is 2.83. The van der Waals surface area contributed by atoms with Crippen LogP contribution in [-0.4, -0.2) is 59.2 Å². The first kappa shape index (κ1) is 27.6. The Morgan fingerprint density at radius 3 is 2.43 bits per heavy atom. The van der Waals surface area contributed by atoms with Gasteiger partial charge in [0, 0.05) is 19.0 Å². The van der Waals surface area contributed by atoms with Crippen LogP contribution in [0.3, 0.4) is 0 Å². The Bertz CT molecular complexity index is 1050. The fraction of sp³-hybridized carbons (Fsp3) is 0.346. The van der Waals surface area contributed by atoms with Gasteiger partial charge in [-0.05, 0) is 50.0 Å². The zero-order valence-electron chi connectivity index (χ0n) is 20.3. The maximum atomic E-state index is 12.7. The van der Waals surface area contributed by atoms with Gasteiger partial charge >= 0.3 is 13.2 Å². The van der Waals surface area contributed by atoms with Gasteiger partial charge in [-0.2, -0.15) is 5.26 Å². The van der Waals surface area contributed by atoms with Crippen molar-refractivity contribution in [3.05, 3.63) is 76.9 Å². The molecule has 0 spiro atoms. The number of likely N-dealkylation sites (N-methyl/N-ethyl adjacent to an activating group) is 1. The van der Waals surface area contributed by atoms with E-state index in [4.69, 9.17) is 4.74 Å². The second kappa shape index (κ2) is 13.9. The number of carbonyl (C=O) groups is 2. The van der Waals surface area contributed by atoms with E-state index in [0.29, 0.717) is 18.5 Å². The third-order valence-corrected chi connectivity index (χ3v) is 5.42. The maximum Gasteiger partial charge on any atom is 0.475 e. The van der Waals surface area contributed by atoms with Crippen LogP contribution >= 0.6 is 0 Å². The molecule has 0 heterocycles. The number of carbonyl (C=O) groups excluding carboxylic acids is 2. The quantitative estimate of drug-likeness (QED) is 0.260. The highest BCUT2D eigenvalue weighted by atomic mass is 16.5. The van der Waals surface area contributed by atoms with E-state index in [1.165, 1.54) is 0 Å². The first-order valence-electron chi connectivity index (χ1n) is 11.6. The van der Waals surface area contributed by atoms with Crippen molar-refractivity contribution >= 4 is 25.2 Å². The molecule has 0 aromatic heterocycles. The van der Waals surface area contributed by atoms with Crippen LogP contribution in [0.2, 0.25) is 0 Å². The standard InChI is InChI=1S/C26H32BN3O5/c1-4-30(19(2)3)25(31)23(18-28)16-22-12-8-11-21(15-22)13-14-35-26(32)29-24(27(33)34)17-20-9-6-5-7-10-20/h5-12,15-16,19,24,33-34H,4,13-14,17H2,1-3H3,(H,29,32)/t24-/m0/s1. The Labute approximate surface area is 207 Å². The molecular formula is C26H32BN3O5. The monoisotopic (exact) mass is 477 g/mol. The van der Waals surface area contributed by atoms with Crippen LogP contribution in [0.25, 0.3) is 6.08 Å². The highest BCUT2D eigenvalue weighted by Gasteiger charge is 2.26. The number of amides is 2. The van der Waals surface area contributed by atoms with Crippen LogP contribution in [0.1, 0.15) is 37.5 Å². The summed E-state index contributed by atoms with van der Waals surface area (Å²) >= 11 is 0. The summed E-state index contributed by atoms with van der Waals surface area (Å²) in [4.78, 5) is 26.5. The molecule has 0 saturated carbocycles. The van der Waals surface area contributed by atoms with Crippen molar-refractivity contribution in [1.82, 2.24) is 10.2 Å².